The molecular formula is C20H18ClFN2O3S2. The maximum Gasteiger partial charge on any atom is 0.252 e. The molecule has 29 heavy (non-hydrogen) atoms. The fraction of sp³-hybridized carbons (Fsp3) is 0.300. The number of nitrogens with zero attached hydrogens (tertiary/aromatic N) is 2. The molecule has 152 valence electrons. The highest BCUT2D eigenvalue weighted by Crippen LogP contribution is 2.41. The average Bonchev–Trinajstić information content (AvgIpc) is 3.10. The Balaban J connectivity index is 1.65. The van der Waals surface area contributed by atoms with Crippen LogP contribution >= 0.6 is 23.4 Å². The molecule has 2 aromatic rings. The minimum Gasteiger partial charge on any atom is -0.315 e. The fourth-order valence-corrected chi connectivity index (χ4v) is 7.58. The molecule has 2 saturated heterocycles. The van der Waals surface area contributed by atoms with Gasteiger partial charge in [0.25, 0.3) is 5.91 Å². The summed E-state index contributed by atoms with van der Waals surface area (Å²) in [6.45, 7) is 1.66. The lowest BCUT2D eigenvalue weighted by Crippen LogP contribution is -2.37. The van der Waals surface area contributed by atoms with Gasteiger partial charge in [-0.1, -0.05) is 41.6 Å². The van der Waals surface area contributed by atoms with Gasteiger partial charge in [-0.05, 0) is 42.3 Å². The Kier molecular flexibility index (Phi) is 5.44. The number of hydrogen-bond acceptors (Lipinski definition) is 4. The van der Waals surface area contributed by atoms with Crippen LogP contribution in [0.15, 0.2) is 47.5 Å². The number of rotatable bonds is 3. The van der Waals surface area contributed by atoms with Crippen LogP contribution in [0.4, 0.5) is 10.1 Å². The SMILES string of the molecule is Cc1ccc(N2C(=NC(=O)Cc3ccc(Cl)cc3)SC3CS(=O)(=O)CC32)cc1F. The van der Waals surface area contributed by atoms with Gasteiger partial charge in [0.2, 0.25) is 0 Å². The van der Waals surface area contributed by atoms with E-state index in [-0.39, 0.29) is 40.9 Å². The van der Waals surface area contributed by atoms with Gasteiger partial charge in [-0.2, -0.15) is 4.99 Å². The molecule has 5 nitrogen and oxygen atoms in total. The van der Waals surface area contributed by atoms with E-state index >= 15 is 0 Å². The van der Waals surface area contributed by atoms with Crippen LogP contribution in [0.2, 0.25) is 5.02 Å². The van der Waals surface area contributed by atoms with Crippen molar-refractivity contribution in [2.75, 3.05) is 16.4 Å². The van der Waals surface area contributed by atoms with E-state index in [1.54, 1.807) is 48.2 Å². The van der Waals surface area contributed by atoms with E-state index in [0.29, 0.717) is 21.4 Å². The minimum atomic E-state index is -3.18. The molecule has 0 radical (unpaired) electrons. The minimum absolute atomic E-state index is 0.0254. The number of carbonyl (C=O) groups excluding carboxylic acids is 1. The monoisotopic (exact) mass is 452 g/mol. The zero-order chi connectivity index (χ0) is 20.8. The quantitative estimate of drug-likeness (QED) is 0.711. The molecule has 9 heteroatoms. The van der Waals surface area contributed by atoms with Gasteiger partial charge in [-0.3, -0.25) is 4.79 Å². The van der Waals surface area contributed by atoms with Crippen molar-refractivity contribution >= 4 is 50.0 Å². The zero-order valence-corrected chi connectivity index (χ0v) is 17.9. The number of anilines is 1. The summed E-state index contributed by atoms with van der Waals surface area (Å²) in [6, 6.07) is 11.3. The van der Waals surface area contributed by atoms with E-state index < -0.39 is 9.84 Å². The van der Waals surface area contributed by atoms with Crippen molar-refractivity contribution < 1.29 is 17.6 Å². The number of benzene rings is 2. The van der Waals surface area contributed by atoms with Gasteiger partial charge < -0.3 is 4.90 Å². The standard InChI is InChI=1S/C20H18ClFN2O3S2/c1-12-2-7-15(9-16(12)22)24-17-10-29(26,27)11-18(17)28-20(24)23-19(25)8-13-3-5-14(21)6-4-13/h2-7,9,17-18H,8,10-11H2,1H3. The first-order valence-corrected chi connectivity index (χ1v) is 12.1. The number of halogens is 2. The van der Waals surface area contributed by atoms with Gasteiger partial charge in [0.1, 0.15) is 5.82 Å². The first-order chi connectivity index (χ1) is 13.7. The lowest BCUT2D eigenvalue weighted by atomic mass is 10.1. The number of sulfone groups is 1. The third-order valence-corrected chi connectivity index (χ3v) is 8.45. The lowest BCUT2D eigenvalue weighted by molar-refractivity contribution is -0.117. The molecule has 2 atom stereocenters. The number of thioether (sulfide) groups is 1. The first kappa shape index (κ1) is 20.4. The normalized spacial score (nSPS) is 24.1. The van der Waals surface area contributed by atoms with Crippen molar-refractivity contribution in [3.05, 3.63) is 64.4 Å². The number of hydrogen-bond donors (Lipinski definition) is 0. The first-order valence-electron chi connectivity index (χ1n) is 9.00. The van der Waals surface area contributed by atoms with Gasteiger partial charge in [-0.15, -0.1) is 0 Å². The van der Waals surface area contributed by atoms with E-state index in [9.17, 15) is 17.6 Å². The number of carbonyl (C=O) groups is 1. The van der Waals surface area contributed by atoms with Crippen LogP contribution in [0.25, 0.3) is 0 Å². The van der Waals surface area contributed by atoms with Crippen molar-refractivity contribution in [1.82, 2.24) is 0 Å². The summed E-state index contributed by atoms with van der Waals surface area (Å²) in [5.41, 5.74) is 1.78. The van der Waals surface area contributed by atoms with E-state index in [4.69, 9.17) is 11.6 Å². The van der Waals surface area contributed by atoms with Gasteiger partial charge in [0, 0.05) is 16.0 Å². The molecular weight excluding hydrogens is 435 g/mol. The Morgan fingerprint density at radius 3 is 2.66 bits per heavy atom. The third-order valence-electron chi connectivity index (χ3n) is 4.99. The Labute approximate surface area is 177 Å². The zero-order valence-electron chi connectivity index (χ0n) is 15.5. The highest BCUT2D eigenvalue weighted by Gasteiger charge is 2.49. The van der Waals surface area contributed by atoms with Crippen molar-refractivity contribution in [1.29, 1.82) is 0 Å². The molecule has 2 heterocycles. The van der Waals surface area contributed by atoms with Gasteiger partial charge in [-0.25, -0.2) is 12.8 Å². The number of fused-ring (bicyclic) bond motifs is 1. The number of amidine groups is 1. The molecule has 2 unspecified atom stereocenters. The maximum absolute atomic E-state index is 14.2. The van der Waals surface area contributed by atoms with Crippen LogP contribution in [0, 0.1) is 12.7 Å². The molecule has 0 N–H and O–H groups in total. The van der Waals surface area contributed by atoms with Crippen molar-refractivity contribution in [2.45, 2.75) is 24.6 Å². The molecule has 0 bridgehead atoms. The highest BCUT2D eigenvalue weighted by atomic mass is 35.5. The smallest absolute Gasteiger partial charge is 0.252 e. The van der Waals surface area contributed by atoms with Crippen LogP contribution in [0.5, 0.6) is 0 Å². The number of aryl methyl sites for hydroxylation is 1. The molecule has 0 aromatic heterocycles. The summed E-state index contributed by atoms with van der Waals surface area (Å²) in [5.74, 6) is -0.749. The lowest BCUT2D eigenvalue weighted by Gasteiger charge is -2.24. The highest BCUT2D eigenvalue weighted by molar-refractivity contribution is 8.16. The summed E-state index contributed by atoms with van der Waals surface area (Å²) >= 11 is 7.14. The number of aliphatic imine (C=N–C) groups is 1. The fourth-order valence-electron chi connectivity index (χ4n) is 3.52. The molecule has 0 aliphatic carbocycles. The predicted octanol–water partition coefficient (Wildman–Crippen LogP) is 3.63. The second kappa shape index (κ2) is 7.74. The molecule has 1 amide bonds. The molecule has 2 aromatic carbocycles. The Morgan fingerprint density at radius 2 is 1.97 bits per heavy atom. The van der Waals surface area contributed by atoms with Crippen LogP contribution in [0.1, 0.15) is 11.1 Å². The molecule has 2 fully saturated rings. The summed E-state index contributed by atoms with van der Waals surface area (Å²) < 4.78 is 38.4. The average molecular weight is 453 g/mol. The summed E-state index contributed by atoms with van der Waals surface area (Å²) in [7, 11) is -3.18. The van der Waals surface area contributed by atoms with Crippen LogP contribution < -0.4 is 4.90 Å². The molecule has 4 rings (SSSR count). The van der Waals surface area contributed by atoms with E-state index in [1.165, 1.54) is 17.8 Å². The predicted molar refractivity (Wildman–Crippen MR) is 115 cm³/mol. The maximum atomic E-state index is 14.2. The second-order valence-electron chi connectivity index (χ2n) is 7.20. The molecule has 2 aliphatic heterocycles. The number of amides is 1. The Morgan fingerprint density at radius 1 is 1.24 bits per heavy atom. The Bertz CT molecular complexity index is 1100. The van der Waals surface area contributed by atoms with Gasteiger partial charge >= 0.3 is 0 Å². The van der Waals surface area contributed by atoms with Crippen LogP contribution in [-0.4, -0.2) is 42.3 Å². The van der Waals surface area contributed by atoms with E-state index in [2.05, 4.69) is 4.99 Å². The van der Waals surface area contributed by atoms with Crippen LogP contribution in [0.3, 0.4) is 0 Å². The largest absolute Gasteiger partial charge is 0.315 e. The van der Waals surface area contributed by atoms with E-state index in [1.807, 2.05) is 0 Å². The Hall–Kier alpha value is -1.90. The van der Waals surface area contributed by atoms with Crippen LogP contribution in [-0.2, 0) is 21.1 Å². The van der Waals surface area contributed by atoms with Gasteiger partial charge in [0.15, 0.2) is 15.0 Å². The topological polar surface area (TPSA) is 66.8 Å². The molecule has 0 saturated carbocycles. The summed E-state index contributed by atoms with van der Waals surface area (Å²) in [6.07, 6.45) is 0.102. The van der Waals surface area contributed by atoms with E-state index in [0.717, 1.165) is 5.56 Å². The third kappa shape index (κ3) is 4.34. The van der Waals surface area contributed by atoms with Crippen molar-refractivity contribution in [2.24, 2.45) is 4.99 Å². The second-order valence-corrected chi connectivity index (χ2v) is 11.0. The summed E-state index contributed by atoms with van der Waals surface area (Å²) in [4.78, 5) is 18.5. The summed E-state index contributed by atoms with van der Waals surface area (Å²) in [5, 5.41) is 0.768. The molecule has 0 spiro atoms. The van der Waals surface area contributed by atoms with Crippen molar-refractivity contribution in [3.8, 4) is 0 Å². The molecule has 2 aliphatic rings. The van der Waals surface area contributed by atoms with Gasteiger partial charge in [0.05, 0.1) is 24.0 Å². The van der Waals surface area contributed by atoms with Crippen molar-refractivity contribution in [3.63, 3.8) is 0 Å².